The molecular formula is C20H35ClO3. The van der Waals surface area contributed by atoms with Crippen LogP contribution in [0.4, 0.5) is 0 Å². The van der Waals surface area contributed by atoms with Gasteiger partial charge in [0.1, 0.15) is 6.29 Å². The van der Waals surface area contributed by atoms with Gasteiger partial charge in [-0.3, -0.25) is 0 Å². The molecule has 2 fully saturated rings. The van der Waals surface area contributed by atoms with Gasteiger partial charge >= 0.3 is 0 Å². The van der Waals surface area contributed by atoms with Gasteiger partial charge in [-0.25, -0.2) is 0 Å². The fourth-order valence-corrected chi connectivity index (χ4v) is 5.07. The molecule has 0 bridgehead atoms. The third-order valence-corrected chi connectivity index (χ3v) is 6.89. The van der Waals surface area contributed by atoms with E-state index in [2.05, 4.69) is 46.8 Å². The van der Waals surface area contributed by atoms with Crippen molar-refractivity contribution in [2.24, 2.45) is 34.5 Å². The van der Waals surface area contributed by atoms with Crippen molar-refractivity contribution in [1.82, 2.24) is 0 Å². The van der Waals surface area contributed by atoms with Crippen molar-refractivity contribution in [3.63, 3.8) is 0 Å². The van der Waals surface area contributed by atoms with Gasteiger partial charge in [0.25, 0.3) is 0 Å². The van der Waals surface area contributed by atoms with Crippen LogP contribution in [-0.2, 0) is 4.79 Å². The highest BCUT2D eigenvalue weighted by molar-refractivity contribution is 5.85. The molecule has 0 saturated heterocycles. The van der Waals surface area contributed by atoms with Crippen LogP contribution in [0.2, 0.25) is 0 Å². The minimum atomic E-state index is -1.91. The van der Waals surface area contributed by atoms with Crippen LogP contribution in [0.25, 0.3) is 0 Å². The summed E-state index contributed by atoms with van der Waals surface area (Å²) in [6.45, 7) is 10.8. The zero-order valence-electron chi connectivity index (χ0n) is 15.8. The highest BCUT2D eigenvalue weighted by Crippen LogP contribution is 2.63. The number of hydrogen-bond donors (Lipinski definition) is 2. The summed E-state index contributed by atoms with van der Waals surface area (Å²) in [5.74, 6) is -1.28. The van der Waals surface area contributed by atoms with Crippen LogP contribution in [0.3, 0.4) is 0 Å². The first-order chi connectivity index (χ1) is 10.6. The zero-order chi connectivity index (χ0) is 17.5. The summed E-state index contributed by atoms with van der Waals surface area (Å²) < 4.78 is 0. The molecule has 0 aromatic heterocycles. The van der Waals surface area contributed by atoms with Crippen LogP contribution in [-0.4, -0.2) is 22.3 Å². The highest BCUT2D eigenvalue weighted by atomic mass is 35.5. The van der Waals surface area contributed by atoms with Gasteiger partial charge in [0, 0.05) is 6.42 Å². The van der Waals surface area contributed by atoms with Gasteiger partial charge in [-0.15, -0.1) is 12.4 Å². The van der Waals surface area contributed by atoms with Crippen LogP contribution in [0, 0.1) is 34.5 Å². The summed E-state index contributed by atoms with van der Waals surface area (Å²) in [7, 11) is 0. The molecule has 0 spiro atoms. The standard InChI is InChI=1S/C20H34O3.ClH/c1-6-14(2)7-9-16-15(3)8-10-17-18(4,5)11-12-20(22,23)19(16,17)13-21;/h7,9,13-17,22-23H,6,8,10-12H2,1-5H3;1H/b9-7-;/t14-,15+,16+,17+,19-;/m1./s1. The Morgan fingerprint density at radius 1 is 1.21 bits per heavy atom. The minimum absolute atomic E-state index is 0. The Morgan fingerprint density at radius 2 is 1.83 bits per heavy atom. The van der Waals surface area contributed by atoms with Crippen LogP contribution >= 0.6 is 12.4 Å². The van der Waals surface area contributed by atoms with Crippen LogP contribution < -0.4 is 0 Å². The highest BCUT2D eigenvalue weighted by Gasteiger charge is 2.66. The van der Waals surface area contributed by atoms with Crippen LogP contribution in [0.5, 0.6) is 0 Å². The van der Waals surface area contributed by atoms with Crippen LogP contribution in [0.15, 0.2) is 12.2 Å². The van der Waals surface area contributed by atoms with E-state index in [-0.39, 0.29) is 42.0 Å². The maximum atomic E-state index is 12.3. The molecule has 4 heteroatoms. The lowest BCUT2D eigenvalue weighted by atomic mass is 9.44. The second-order valence-electron chi connectivity index (χ2n) is 8.76. The summed E-state index contributed by atoms with van der Waals surface area (Å²) in [5, 5.41) is 21.7. The lowest BCUT2D eigenvalue weighted by Gasteiger charge is -2.61. The number of rotatable bonds is 4. The zero-order valence-corrected chi connectivity index (χ0v) is 16.6. The van der Waals surface area contributed by atoms with E-state index in [1.165, 1.54) is 0 Å². The molecule has 0 aliphatic heterocycles. The van der Waals surface area contributed by atoms with Crippen LogP contribution in [0.1, 0.15) is 66.7 Å². The van der Waals surface area contributed by atoms with Gasteiger partial charge in [0.15, 0.2) is 5.79 Å². The molecule has 0 aromatic rings. The predicted molar refractivity (Wildman–Crippen MR) is 99.9 cm³/mol. The first kappa shape index (κ1) is 21.7. The van der Waals surface area contributed by atoms with Gasteiger partial charge < -0.3 is 15.0 Å². The summed E-state index contributed by atoms with van der Waals surface area (Å²) in [5.41, 5.74) is -1.13. The second-order valence-corrected chi connectivity index (χ2v) is 8.76. The van der Waals surface area contributed by atoms with Gasteiger partial charge in [0.2, 0.25) is 0 Å². The molecule has 2 rings (SSSR count). The third kappa shape index (κ3) is 3.32. The summed E-state index contributed by atoms with van der Waals surface area (Å²) >= 11 is 0. The molecule has 0 radical (unpaired) electrons. The van der Waals surface area contributed by atoms with E-state index in [1.54, 1.807) is 0 Å². The first-order valence-corrected chi connectivity index (χ1v) is 9.21. The number of halogens is 1. The number of aldehydes is 1. The van der Waals surface area contributed by atoms with Crippen molar-refractivity contribution in [3.05, 3.63) is 12.2 Å². The third-order valence-electron chi connectivity index (χ3n) is 6.89. The van der Waals surface area contributed by atoms with E-state index < -0.39 is 11.2 Å². The topological polar surface area (TPSA) is 57.5 Å². The number of allylic oxidation sites excluding steroid dienone is 2. The average Bonchev–Trinajstić information content (AvgIpc) is 2.49. The minimum Gasteiger partial charge on any atom is -0.365 e. The monoisotopic (exact) mass is 358 g/mol. The molecule has 140 valence electrons. The number of aliphatic hydroxyl groups is 2. The summed E-state index contributed by atoms with van der Waals surface area (Å²) in [6.07, 6.45) is 9.16. The van der Waals surface area contributed by atoms with E-state index in [9.17, 15) is 15.0 Å². The van der Waals surface area contributed by atoms with Crippen molar-refractivity contribution in [2.75, 3.05) is 0 Å². The number of hydrogen-bond acceptors (Lipinski definition) is 3. The molecule has 2 aliphatic rings. The van der Waals surface area contributed by atoms with E-state index in [0.29, 0.717) is 5.92 Å². The fourth-order valence-electron chi connectivity index (χ4n) is 5.07. The summed E-state index contributed by atoms with van der Waals surface area (Å²) in [4.78, 5) is 12.3. The van der Waals surface area contributed by atoms with Crippen molar-refractivity contribution < 1.29 is 15.0 Å². The Kier molecular flexibility index (Phi) is 6.74. The SMILES string of the molecule is CC[C@@H](C)/C=C\[C@H]1[C@@H](C)CC[C@H]2C(C)(C)CCC(O)(O)[C@]12C=O.Cl. The van der Waals surface area contributed by atoms with Crippen molar-refractivity contribution in [2.45, 2.75) is 72.5 Å². The normalized spacial score (nSPS) is 38.9. The quantitative estimate of drug-likeness (QED) is 0.446. The molecule has 2 aliphatic carbocycles. The molecule has 5 atom stereocenters. The number of fused-ring (bicyclic) bond motifs is 1. The molecule has 2 saturated carbocycles. The Morgan fingerprint density at radius 3 is 2.38 bits per heavy atom. The van der Waals surface area contributed by atoms with E-state index in [4.69, 9.17) is 0 Å². The maximum absolute atomic E-state index is 12.3. The number of carbonyl (C=O) groups excluding carboxylic acids is 1. The smallest absolute Gasteiger partial charge is 0.175 e. The van der Waals surface area contributed by atoms with Gasteiger partial charge in [-0.2, -0.15) is 0 Å². The fraction of sp³-hybridized carbons (Fsp3) is 0.850. The lowest BCUT2D eigenvalue weighted by Crippen LogP contribution is -2.66. The molecule has 2 N–H and O–H groups in total. The molecule has 0 aromatic carbocycles. The van der Waals surface area contributed by atoms with E-state index in [0.717, 1.165) is 32.0 Å². The largest absolute Gasteiger partial charge is 0.365 e. The van der Waals surface area contributed by atoms with Crippen molar-refractivity contribution in [3.8, 4) is 0 Å². The predicted octanol–water partition coefficient (Wildman–Crippen LogP) is 4.36. The molecule has 0 amide bonds. The maximum Gasteiger partial charge on any atom is 0.175 e. The second kappa shape index (κ2) is 7.47. The van der Waals surface area contributed by atoms with E-state index in [1.807, 2.05) is 0 Å². The lowest BCUT2D eigenvalue weighted by molar-refractivity contribution is -0.304. The van der Waals surface area contributed by atoms with Gasteiger partial charge in [-0.05, 0) is 48.3 Å². The molecular weight excluding hydrogens is 324 g/mol. The summed E-state index contributed by atoms with van der Waals surface area (Å²) in [6, 6.07) is 0. The van der Waals surface area contributed by atoms with Crippen molar-refractivity contribution >= 4 is 18.7 Å². The molecule has 0 unspecified atom stereocenters. The van der Waals surface area contributed by atoms with Gasteiger partial charge in [0.05, 0.1) is 5.41 Å². The molecule has 3 nitrogen and oxygen atoms in total. The first-order valence-electron chi connectivity index (χ1n) is 9.21. The molecule has 24 heavy (non-hydrogen) atoms. The van der Waals surface area contributed by atoms with E-state index >= 15 is 0 Å². The Hall–Kier alpha value is -0.380. The Bertz CT molecular complexity index is 472. The van der Waals surface area contributed by atoms with Gasteiger partial charge in [-0.1, -0.05) is 53.2 Å². The van der Waals surface area contributed by atoms with Crippen molar-refractivity contribution in [1.29, 1.82) is 0 Å². The Balaban J connectivity index is 0.00000288. The number of carbonyl (C=O) groups is 1. The average molecular weight is 359 g/mol. The Labute approximate surface area is 153 Å². The molecule has 0 heterocycles.